The molecule has 2 aromatic carbocycles. The normalized spacial score (nSPS) is 13.2. The van der Waals surface area contributed by atoms with Crippen LogP contribution in [0.4, 0.5) is 14.9 Å². The van der Waals surface area contributed by atoms with Crippen molar-refractivity contribution >= 4 is 17.7 Å². The number of fused-ring (bicyclic) bond motifs is 1. The van der Waals surface area contributed by atoms with Crippen molar-refractivity contribution in [1.29, 1.82) is 0 Å². The van der Waals surface area contributed by atoms with Gasteiger partial charge in [-0.2, -0.15) is 0 Å². The molecule has 0 aromatic heterocycles. The number of esters is 1. The maximum Gasteiger partial charge on any atom is 0.410 e. The summed E-state index contributed by atoms with van der Waals surface area (Å²) >= 11 is 0. The van der Waals surface area contributed by atoms with Gasteiger partial charge in [0.15, 0.2) is 5.82 Å². The van der Waals surface area contributed by atoms with Crippen molar-refractivity contribution in [1.82, 2.24) is 4.90 Å². The zero-order valence-electron chi connectivity index (χ0n) is 18.9. The molecule has 7 nitrogen and oxygen atoms in total. The first kappa shape index (κ1) is 23.4. The molecule has 2 aromatic rings. The van der Waals surface area contributed by atoms with Crippen molar-refractivity contribution in [3.8, 4) is 5.75 Å². The standard InChI is InChI=1S/C24H29FN2O5/c1-24(2,3)32-23(29)27-11-10-17-12-19(31-15-16-8-6-5-7-9-16)22(21(25)18(17)14-27)26-13-20(28)30-4/h5-9,12,26H,10-11,13-15H2,1-4H3. The molecule has 0 radical (unpaired) electrons. The second kappa shape index (κ2) is 9.89. The van der Waals surface area contributed by atoms with Gasteiger partial charge < -0.3 is 24.4 Å². The Balaban J connectivity index is 1.87. The van der Waals surface area contributed by atoms with Crippen LogP contribution in [0.15, 0.2) is 36.4 Å². The summed E-state index contributed by atoms with van der Waals surface area (Å²) in [6.07, 6.45) is -0.0270. The van der Waals surface area contributed by atoms with Crippen LogP contribution in [-0.4, -0.2) is 42.8 Å². The highest BCUT2D eigenvalue weighted by atomic mass is 19.1. The van der Waals surface area contributed by atoms with Crippen LogP contribution >= 0.6 is 0 Å². The summed E-state index contributed by atoms with van der Waals surface area (Å²) < 4.78 is 31.6. The van der Waals surface area contributed by atoms with Crippen LogP contribution in [0.25, 0.3) is 0 Å². The number of carbonyl (C=O) groups excluding carboxylic acids is 2. The molecule has 0 spiro atoms. The van der Waals surface area contributed by atoms with Crippen molar-refractivity contribution in [2.24, 2.45) is 0 Å². The minimum absolute atomic E-state index is 0.0659. The molecule has 1 aliphatic heterocycles. The fraction of sp³-hybridized carbons (Fsp3) is 0.417. The number of nitrogens with zero attached hydrogens (tertiary/aromatic N) is 1. The zero-order valence-corrected chi connectivity index (χ0v) is 18.9. The Labute approximate surface area is 187 Å². The number of benzene rings is 2. The average molecular weight is 445 g/mol. The second-order valence-corrected chi connectivity index (χ2v) is 8.56. The van der Waals surface area contributed by atoms with Gasteiger partial charge in [0.1, 0.15) is 30.2 Å². The van der Waals surface area contributed by atoms with Crippen molar-refractivity contribution in [3.05, 3.63) is 58.9 Å². The largest absolute Gasteiger partial charge is 0.487 e. The van der Waals surface area contributed by atoms with Crippen molar-refractivity contribution in [2.45, 2.75) is 45.9 Å². The molecule has 3 rings (SSSR count). The fourth-order valence-corrected chi connectivity index (χ4v) is 3.37. The van der Waals surface area contributed by atoms with E-state index in [1.807, 2.05) is 30.3 Å². The molecule has 0 aliphatic carbocycles. The van der Waals surface area contributed by atoms with Gasteiger partial charge in [0, 0.05) is 12.1 Å². The van der Waals surface area contributed by atoms with Gasteiger partial charge in [-0.3, -0.25) is 4.79 Å². The number of rotatable bonds is 6. The van der Waals surface area contributed by atoms with Gasteiger partial charge in [-0.25, -0.2) is 9.18 Å². The van der Waals surface area contributed by atoms with Crippen molar-refractivity contribution in [2.75, 3.05) is 25.5 Å². The maximum absolute atomic E-state index is 15.6. The SMILES string of the molecule is COC(=O)CNc1c(OCc2ccccc2)cc2c(c1F)CN(C(=O)OC(C)(C)C)CC2. The third-order valence-electron chi connectivity index (χ3n) is 4.95. The summed E-state index contributed by atoms with van der Waals surface area (Å²) in [6, 6.07) is 11.3. The number of anilines is 1. The van der Waals surface area contributed by atoms with E-state index in [4.69, 9.17) is 9.47 Å². The molecule has 0 saturated carbocycles. The zero-order chi connectivity index (χ0) is 23.3. The summed E-state index contributed by atoms with van der Waals surface area (Å²) in [5.74, 6) is -0.783. The van der Waals surface area contributed by atoms with E-state index < -0.39 is 23.5 Å². The summed E-state index contributed by atoms with van der Waals surface area (Å²) in [7, 11) is 1.26. The number of carbonyl (C=O) groups is 2. The van der Waals surface area contributed by atoms with E-state index in [-0.39, 0.29) is 25.4 Å². The van der Waals surface area contributed by atoms with E-state index in [1.54, 1.807) is 26.8 Å². The topological polar surface area (TPSA) is 77.1 Å². The van der Waals surface area contributed by atoms with Gasteiger partial charge in [0.25, 0.3) is 0 Å². The van der Waals surface area contributed by atoms with Crippen LogP contribution < -0.4 is 10.1 Å². The van der Waals surface area contributed by atoms with Crippen LogP contribution in [0.1, 0.15) is 37.5 Å². The second-order valence-electron chi connectivity index (χ2n) is 8.56. The molecule has 1 amide bonds. The molecule has 0 bridgehead atoms. The smallest absolute Gasteiger partial charge is 0.410 e. The predicted octanol–water partition coefficient (Wildman–Crippen LogP) is 4.28. The minimum atomic E-state index is -0.641. The molecule has 172 valence electrons. The number of hydrogen-bond donors (Lipinski definition) is 1. The Morgan fingerprint density at radius 2 is 1.91 bits per heavy atom. The molecule has 1 aliphatic rings. The van der Waals surface area contributed by atoms with E-state index in [0.717, 1.165) is 11.1 Å². The highest BCUT2D eigenvalue weighted by Crippen LogP contribution is 2.36. The first-order valence-corrected chi connectivity index (χ1v) is 10.5. The highest BCUT2D eigenvalue weighted by Gasteiger charge is 2.30. The Hall–Kier alpha value is -3.29. The monoisotopic (exact) mass is 444 g/mol. The first-order valence-electron chi connectivity index (χ1n) is 10.5. The molecule has 0 fully saturated rings. The molecular formula is C24H29FN2O5. The Morgan fingerprint density at radius 3 is 2.56 bits per heavy atom. The molecular weight excluding hydrogens is 415 g/mol. The van der Waals surface area contributed by atoms with E-state index in [1.165, 1.54) is 12.0 Å². The molecule has 1 N–H and O–H groups in total. The number of nitrogens with one attached hydrogen (secondary N) is 1. The maximum atomic E-state index is 15.6. The van der Waals surface area contributed by atoms with Gasteiger partial charge in [-0.1, -0.05) is 30.3 Å². The summed E-state index contributed by atoms with van der Waals surface area (Å²) in [6.45, 7) is 5.87. The van der Waals surface area contributed by atoms with Gasteiger partial charge >= 0.3 is 12.1 Å². The first-order chi connectivity index (χ1) is 15.2. The number of amides is 1. The van der Waals surface area contributed by atoms with E-state index in [2.05, 4.69) is 10.1 Å². The predicted molar refractivity (Wildman–Crippen MR) is 118 cm³/mol. The fourth-order valence-electron chi connectivity index (χ4n) is 3.37. The molecule has 0 atom stereocenters. The van der Waals surface area contributed by atoms with E-state index in [9.17, 15) is 9.59 Å². The van der Waals surface area contributed by atoms with Crippen LogP contribution in [-0.2, 0) is 33.8 Å². The summed E-state index contributed by atoms with van der Waals surface area (Å²) in [5.41, 5.74) is 1.49. The van der Waals surface area contributed by atoms with Gasteiger partial charge in [0.05, 0.1) is 13.7 Å². The molecule has 0 unspecified atom stereocenters. The molecule has 1 heterocycles. The lowest BCUT2D eigenvalue weighted by Gasteiger charge is -2.32. The van der Waals surface area contributed by atoms with Gasteiger partial charge in [-0.15, -0.1) is 0 Å². The Kier molecular flexibility index (Phi) is 7.22. The van der Waals surface area contributed by atoms with Crippen LogP contribution in [0.5, 0.6) is 5.75 Å². The lowest BCUT2D eigenvalue weighted by molar-refractivity contribution is -0.138. The Bertz CT molecular complexity index is 973. The Morgan fingerprint density at radius 1 is 1.19 bits per heavy atom. The van der Waals surface area contributed by atoms with E-state index in [0.29, 0.717) is 24.3 Å². The minimum Gasteiger partial charge on any atom is -0.487 e. The van der Waals surface area contributed by atoms with Crippen LogP contribution in [0, 0.1) is 5.82 Å². The molecule has 0 saturated heterocycles. The number of ether oxygens (including phenoxy) is 3. The lowest BCUT2D eigenvalue weighted by Crippen LogP contribution is -2.40. The summed E-state index contributed by atoms with van der Waals surface area (Å²) in [4.78, 5) is 25.6. The van der Waals surface area contributed by atoms with Gasteiger partial charge in [0.2, 0.25) is 0 Å². The summed E-state index contributed by atoms with van der Waals surface area (Å²) in [5, 5.41) is 2.79. The van der Waals surface area contributed by atoms with Crippen LogP contribution in [0.3, 0.4) is 0 Å². The number of methoxy groups -OCH3 is 1. The number of halogens is 1. The lowest BCUT2D eigenvalue weighted by atomic mass is 9.97. The van der Waals surface area contributed by atoms with Gasteiger partial charge in [-0.05, 0) is 44.4 Å². The quantitative estimate of drug-likeness (QED) is 0.670. The number of hydrogen-bond acceptors (Lipinski definition) is 6. The molecule has 32 heavy (non-hydrogen) atoms. The van der Waals surface area contributed by atoms with E-state index >= 15 is 4.39 Å². The molecule has 8 heteroatoms. The van der Waals surface area contributed by atoms with Crippen LogP contribution in [0.2, 0.25) is 0 Å². The van der Waals surface area contributed by atoms with Crippen molar-refractivity contribution < 1.29 is 28.2 Å². The average Bonchev–Trinajstić information content (AvgIpc) is 2.76. The van der Waals surface area contributed by atoms with Crippen molar-refractivity contribution in [3.63, 3.8) is 0 Å². The third kappa shape index (κ3) is 5.90. The third-order valence-corrected chi connectivity index (χ3v) is 4.95. The highest BCUT2D eigenvalue weighted by molar-refractivity contribution is 5.76.